The van der Waals surface area contributed by atoms with Gasteiger partial charge in [-0.3, -0.25) is 4.79 Å². The number of hydrogen-bond acceptors (Lipinski definition) is 4. The van der Waals surface area contributed by atoms with Gasteiger partial charge in [0.15, 0.2) is 11.5 Å². The molecule has 1 amide bonds. The van der Waals surface area contributed by atoms with E-state index < -0.39 is 5.91 Å². The minimum Gasteiger partial charge on any atom is -0.493 e. The van der Waals surface area contributed by atoms with Crippen molar-refractivity contribution in [2.45, 2.75) is 33.4 Å². The van der Waals surface area contributed by atoms with Crippen molar-refractivity contribution in [2.24, 2.45) is 0 Å². The minimum absolute atomic E-state index is 0.0192. The summed E-state index contributed by atoms with van der Waals surface area (Å²) in [6.07, 6.45) is 1.55. The van der Waals surface area contributed by atoms with Crippen molar-refractivity contribution in [3.8, 4) is 17.6 Å². The molecule has 0 saturated heterocycles. The lowest BCUT2D eigenvalue weighted by Gasteiger charge is -2.15. The molecule has 168 valence electrons. The highest BCUT2D eigenvalue weighted by Gasteiger charge is 2.15. The highest BCUT2D eigenvalue weighted by atomic mass is 16.5. The van der Waals surface area contributed by atoms with Crippen molar-refractivity contribution in [3.63, 3.8) is 0 Å². The van der Waals surface area contributed by atoms with Crippen molar-refractivity contribution >= 4 is 12.0 Å². The summed E-state index contributed by atoms with van der Waals surface area (Å²) in [5.41, 5.74) is 5.08. The second-order valence-electron chi connectivity index (χ2n) is 7.89. The van der Waals surface area contributed by atoms with E-state index in [4.69, 9.17) is 9.47 Å². The van der Waals surface area contributed by atoms with Crippen molar-refractivity contribution < 1.29 is 14.3 Å². The second-order valence-corrected chi connectivity index (χ2v) is 7.89. The fourth-order valence-corrected chi connectivity index (χ4v) is 3.34. The Kier molecular flexibility index (Phi) is 7.88. The third kappa shape index (κ3) is 6.24. The summed E-state index contributed by atoms with van der Waals surface area (Å²) in [7, 11) is 1.56. The minimum atomic E-state index is -0.424. The molecular weight excluding hydrogens is 412 g/mol. The maximum Gasteiger partial charge on any atom is 0.262 e. The zero-order valence-electron chi connectivity index (χ0n) is 19.4. The highest BCUT2D eigenvalue weighted by Crippen LogP contribution is 2.30. The van der Waals surface area contributed by atoms with E-state index in [9.17, 15) is 10.1 Å². The summed E-state index contributed by atoms with van der Waals surface area (Å²) < 4.78 is 11.3. The Bertz CT molecular complexity index is 1190. The van der Waals surface area contributed by atoms with Gasteiger partial charge in [-0.1, -0.05) is 54.6 Å². The van der Waals surface area contributed by atoms with Crippen LogP contribution < -0.4 is 14.8 Å². The standard InChI is InChI=1S/C28H28N2O3/c1-19-10-12-24(14-20(19)2)21(3)30-28(31)25(17-29)15-23-11-13-26(27(16-23)32-4)33-18-22-8-6-5-7-9-22/h5-16,21H,18H2,1-4H3,(H,30,31)/b25-15-/t21-/m0/s1. The van der Waals surface area contributed by atoms with E-state index in [1.165, 1.54) is 5.56 Å². The van der Waals surface area contributed by atoms with E-state index in [0.717, 1.165) is 16.7 Å². The molecule has 1 N–H and O–H groups in total. The van der Waals surface area contributed by atoms with E-state index in [1.54, 1.807) is 31.4 Å². The van der Waals surface area contributed by atoms with Crippen LogP contribution >= 0.6 is 0 Å². The van der Waals surface area contributed by atoms with Gasteiger partial charge in [-0.05, 0) is 66.8 Å². The van der Waals surface area contributed by atoms with E-state index in [-0.39, 0.29) is 11.6 Å². The Labute approximate surface area is 195 Å². The van der Waals surface area contributed by atoms with Gasteiger partial charge in [-0.2, -0.15) is 5.26 Å². The van der Waals surface area contributed by atoms with Crippen LogP contribution in [0.2, 0.25) is 0 Å². The van der Waals surface area contributed by atoms with E-state index >= 15 is 0 Å². The largest absolute Gasteiger partial charge is 0.493 e. The first-order chi connectivity index (χ1) is 15.9. The molecule has 0 bridgehead atoms. The molecule has 0 aliphatic heterocycles. The van der Waals surface area contributed by atoms with Gasteiger partial charge < -0.3 is 14.8 Å². The van der Waals surface area contributed by atoms with Gasteiger partial charge in [0.2, 0.25) is 0 Å². The Morgan fingerprint density at radius 3 is 2.45 bits per heavy atom. The number of ether oxygens (including phenoxy) is 2. The topological polar surface area (TPSA) is 71.3 Å². The summed E-state index contributed by atoms with van der Waals surface area (Å²) in [6, 6.07) is 23.0. The fraction of sp³-hybridized carbons (Fsp3) is 0.214. The average molecular weight is 441 g/mol. The number of nitrogens with one attached hydrogen (secondary N) is 1. The molecule has 0 aromatic heterocycles. The zero-order valence-corrected chi connectivity index (χ0v) is 19.4. The summed E-state index contributed by atoms with van der Waals surface area (Å²) in [6.45, 7) is 6.40. The van der Waals surface area contributed by atoms with Gasteiger partial charge in [-0.15, -0.1) is 0 Å². The summed E-state index contributed by atoms with van der Waals surface area (Å²) in [5, 5.41) is 12.5. The first-order valence-corrected chi connectivity index (χ1v) is 10.8. The van der Waals surface area contributed by atoms with E-state index in [2.05, 4.69) is 11.4 Å². The van der Waals surface area contributed by atoms with Crippen LogP contribution in [-0.2, 0) is 11.4 Å². The zero-order chi connectivity index (χ0) is 23.8. The molecule has 5 heteroatoms. The number of methoxy groups -OCH3 is 1. The monoisotopic (exact) mass is 440 g/mol. The molecule has 0 radical (unpaired) electrons. The lowest BCUT2D eigenvalue weighted by atomic mass is 10.0. The van der Waals surface area contributed by atoms with Crippen molar-refractivity contribution in [2.75, 3.05) is 7.11 Å². The van der Waals surface area contributed by atoms with E-state index in [1.807, 2.05) is 69.3 Å². The van der Waals surface area contributed by atoms with Crippen LogP contribution in [0.15, 0.2) is 72.3 Å². The summed E-state index contributed by atoms with van der Waals surface area (Å²) >= 11 is 0. The molecule has 0 fully saturated rings. The number of carbonyl (C=O) groups excluding carboxylic acids is 1. The number of nitriles is 1. The Morgan fingerprint density at radius 2 is 1.79 bits per heavy atom. The van der Waals surface area contributed by atoms with Crippen molar-refractivity contribution in [3.05, 3.63) is 100 Å². The molecular formula is C28H28N2O3. The normalized spacial score (nSPS) is 11.9. The molecule has 0 spiro atoms. The molecule has 3 aromatic carbocycles. The van der Waals surface area contributed by atoms with Crippen LogP contribution in [0.25, 0.3) is 6.08 Å². The molecule has 0 aliphatic rings. The number of nitrogens with zero attached hydrogens (tertiary/aromatic N) is 1. The number of rotatable bonds is 8. The average Bonchev–Trinajstić information content (AvgIpc) is 2.83. The van der Waals surface area contributed by atoms with Crippen LogP contribution in [0.1, 0.15) is 40.8 Å². The molecule has 1 atom stereocenters. The van der Waals surface area contributed by atoms with Gasteiger partial charge in [0.1, 0.15) is 18.2 Å². The number of carbonyl (C=O) groups is 1. The van der Waals surface area contributed by atoms with Crippen LogP contribution in [0.4, 0.5) is 0 Å². The molecule has 0 unspecified atom stereocenters. The molecule has 3 aromatic rings. The molecule has 0 heterocycles. The Hall–Kier alpha value is -4.04. The number of aryl methyl sites for hydroxylation is 2. The SMILES string of the molecule is COc1cc(/C=C(/C#N)C(=O)N[C@@H](C)c2ccc(C)c(C)c2)ccc1OCc1ccccc1. The first-order valence-electron chi connectivity index (χ1n) is 10.8. The predicted molar refractivity (Wildman–Crippen MR) is 130 cm³/mol. The van der Waals surface area contributed by atoms with Gasteiger partial charge in [0, 0.05) is 0 Å². The highest BCUT2D eigenvalue weighted by molar-refractivity contribution is 6.01. The van der Waals surface area contributed by atoms with Crippen LogP contribution in [-0.4, -0.2) is 13.0 Å². The molecule has 0 aliphatic carbocycles. The third-order valence-electron chi connectivity index (χ3n) is 5.48. The second kappa shape index (κ2) is 11.0. The fourth-order valence-electron chi connectivity index (χ4n) is 3.34. The molecule has 5 nitrogen and oxygen atoms in total. The van der Waals surface area contributed by atoms with Crippen LogP contribution in [0, 0.1) is 25.2 Å². The maximum absolute atomic E-state index is 12.7. The summed E-state index contributed by atoms with van der Waals surface area (Å²) in [5.74, 6) is 0.692. The van der Waals surface area contributed by atoms with Crippen molar-refractivity contribution in [1.29, 1.82) is 5.26 Å². The number of benzene rings is 3. The smallest absolute Gasteiger partial charge is 0.262 e. The van der Waals surface area contributed by atoms with Gasteiger partial charge >= 0.3 is 0 Å². The van der Waals surface area contributed by atoms with Crippen LogP contribution in [0.3, 0.4) is 0 Å². The van der Waals surface area contributed by atoms with Gasteiger partial charge in [0.05, 0.1) is 13.2 Å². The number of amides is 1. The maximum atomic E-state index is 12.7. The first kappa shape index (κ1) is 23.6. The number of hydrogen-bond donors (Lipinski definition) is 1. The molecule has 33 heavy (non-hydrogen) atoms. The summed E-state index contributed by atoms with van der Waals surface area (Å²) in [4.78, 5) is 12.7. The quantitative estimate of drug-likeness (QED) is 0.362. The van der Waals surface area contributed by atoms with Gasteiger partial charge in [-0.25, -0.2) is 0 Å². The van der Waals surface area contributed by atoms with Gasteiger partial charge in [0.25, 0.3) is 5.91 Å². The van der Waals surface area contributed by atoms with E-state index in [0.29, 0.717) is 23.7 Å². The lowest BCUT2D eigenvalue weighted by Crippen LogP contribution is -2.27. The molecule has 3 rings (SSSR count). The lowest BCUT2D eigenvalue weighted by molar-refractivity contribution is -0.117. The third-order valence-corrected chi connectivity index (χ3v) is 5.48. The predicted octanol–water partition coefficient (Wildman–Crippen LogP) is 5.68. The Morgan fingerprint density at radius 1 is 1.03 bits per heavy atom. The Balaban J connectivity index is 1.73. The molecule has 0 saturated carbocycles. The van der Waals surface area contributed by atoms with Crippen LogP contribution in [0.5, 0.6) is 11.5 Å². The van der Waals surface area contributed by atoms with Crippen molar-refractivity contribution in [1.82, 2.24) is 5.32 Å².